The van der Waals surface area contributed by atoms with Crippen molar-refractivity contribution in [3.8, 4) is 0 Å². The third kappa shape index (κ3) is 2.11. The van der Waals surface area contributed by atoms with Gasteiger partial charge in [-0.15, -0.1) is 0 Å². The van der Waals surface area contributed by atoms with Gasteiger partial charge in [0.2, 0.25) is 5.91 Å². The highest BCUT2D eigenvalue weighted by atomic mass is 32.2. The van der Waals surface area contributed by atoms with Gasteiger partial charge in [-0.05, 0) is 36.6 Å². The van der Waals surface area contributed by atoms with Gasteiger partial charge >= 0.3 is 0 Å². The van der Waals surface area contributed by atoms with Gasteiger partial charge in [-0.2, -0.15) is 0 Å². The van der Waals surface area contributed by atoms with Crippen LogP contribution < -0.4 is 4.90 Å². The number of amides is 1. The number of carbonyl (C=O) groups excluding carboxylic acids is 2. The van der Waals surface area contributed by atoms with Crippen molar-refractivity contribution in [2.24, 2.45) is 0 Å². The fraction of sp³-hybridized carbons (Fsp3) is 0.333. The van der Waals surface area contributed by atoms with Crippen LogP contribution in [-0.4, -0.2) is 18.1 Å². The molecule has 1 aliphatic rings. The van der Waals surface area contributed by atoms with Crippen LogP contribution in [0.2, 0.25) is 0 Å². The van der Waals surface area contributed by atoms with Crippen molar-refractivity contribution in [2.75, 3.05) is 11.4 Å². The molecule has 0 fully saturated rings. The second kappa shape index (κ2) is 4.70. The molecule has 0 aliphatic carbocycles. The Labute approximate surface area is 98.8 Å². The van der Waals surface area contributed by atoms with Crippen molar-refractivity contribution in [3.05, 3.63) is 23.8 Å². The minimum Gasteiger partial charge on any atom is -0.312 e. The summed E-state index contributed by atoms with van der Waals surface area (Å²) < 4.78 is 0. The highest BCUT2D eigenvalue weighted by Crippen LogP contribution is 2.30. The number of hydrogen-bond donors (Lipinski definition) is 0. The third-order valence-corrected chi connectivity index (χ3v) is 3.36. The number of hydrogen-bond acceptors (Lipinski definition) is 3. The van der Waals surface area contributed by atoms with Crippen LogP contribution in [0, 0.1) is 0 Å². The van der Waals surface area contributed by atoms with E-state index in [0.29, 0.717) is 0 Å². The first-order valence-electron chi connectivity index (χ1n) is 5.23. The number of rotatable bonds is 2. The van der Waals surface area contributed by atoms with E-state index < -0.39 is 0 Å². The average molecular weight is 235 g/mol. The SMILES string of the molecule is CC(=O)N1CCCc2cc(SC=O)ccc21. The minimum absolute atomic E-state index is 0.0803. The van der Waals surface area contributed by atoms with Crippen LogP contribution in [0.1, 0.15) is 18.9 Å². The maximum atomic E-state index is 11.4. The van der Waals surface area contributed by atoms with Gasteiger partial charge < -0.3 is 4.90 Å². The van der Waals surface area contributed by atoms with E-state index >= 15 is 0 Å². The van der Waals surface area contributed by atoms with Crippen LogP contribution in [-0.2, 0) is 16.0 Å². The van der Waals surface area contributed by atoms with E-state index in [2.05, 4.69) is 0 Å². The van der Waals surface area contributed by atoms with Gasteiger partial charge in [0, 0.05) is 24.1 Å². The molecule has 2 rings (SSSR count). The summed E-state index contributed by atoms with van der Waals surface area (Å²) in [5, 5.41) is 0. The number of aryl methyl sites for hydroxylation is 1. The summed E-state index contributed by atoms with van der Waals surface area (Å²) in [7, 11) is 0. The van der Waals surface area contributed by atoms with Gasteiger partial charge in [-0.3, -0.25) is 9.59 Å². The second-order valence-corrected chi connectivity index (χ2v) is 4.68. The molecule has 0 atom stereocenters. The number of nitrogens with zero attached hydrogens (tertiary/aromatic N) is 1. The fourth-order valence-electron chi connectivity index (χ4n) is 2.03. The zero-order valence-electron chi connectivity index (χ0n) is 9.10. The Morgan fingerprint density at radius 2 is 2.31 bits per heavy atom. The molecule has 1 aliphatic heterocycles. The molecule has 0 aromatic heterocycles. The standard InChI is InChI=1S/C12H13NO2S/c1-9(15)13-6-2-3-10-7-11(16-8-14)4-5-12(10)13/h4-5,7-8H,2-3,6H2,1H3. The van der Waals surface area contributed by atoms with Gasteiger partial charge in [0.1, 0.15) is 0 Å². The lowest BCUT2D eigenvalue weighted by molar-refractivity contribution is -0.116. The number of thioether (sulfide) groups is 1. The van der Waals surface area contributed by atoms with Crippen molar-refractivity contribution in [3.63, 3.8) is 0 Å². The highest BCUT2D eigenvalue weighted by Gasteiger charge is 2.19. The Bertz CT molecular complexity index is 431. The van der Waals surface area contributed by atoms with Crippen LogP contribution in [0.4, 0.5) is 5.69 Å². The number of carbonyl (C=O) groups is 2. The van der Waals surface area contributed by atoms with E-state index in [-0.39, 0.29) is 5.91 Å². The Hall–Kier alpha value is -1.29. The molecule has 84 valence electrons. The number of anilines is 1. The predicted octanol–water partition coefficient (Wildman–Crippen LogP) is 2.27. The van der Waals surface area contributed by atoms with Crippen molar-refractivity contribution in [1.82, 2.24) is 0 Å². The lowest BCUT2D eigenvalue weighted by atomic mass is 10.0. The van der Waals surface area contributed by atoms with E-state index in [9.17, 15) is 9.59 Å². The second-order valence-electron chi connectivity index (χ2n) is 3.78. The molecule has 1 aromatic rings. The summed E-state index contributed by atoms with van der Waals surface area (Å²) >= 11 is 1.17. The smallest absolute Gasteiger partial charge is 0.223 e. The number of fused-ring (bicyclic) bond motifs is 1. The molecule has 0 unspecified atom stereocenters. The van der Waals surface area contributed by atoms with Crippen LogP contribution in [0.25, 0.3) is 0 Å². The molecular formula is C12H13NO2S. The molecular weight excluding hydrogens is 222 g/mol. The lowest BCUT2D eigenvalue weighted by Gasteiger charge is -2.28. The topological polar surface area (TPSA) is 37.4 Å². The fourth-order valence-corrected chi connectivity index (χ4v) is 2.50. The predicted molar refractivity (Wildman–Crippen MR) is 65.4 cm³/mol. The molecule has 0 saturated heterocycles. The Kier molecular flexibility index (Phi) is 3.29. The van der Waals surface area contributed by atoms with Crippen LogP contribution >= 0.6 is 11.8 Å². The first-order chi connectivity index (χ1) is 7.72. The van der Waals surface area contributed by atoms with Gasteiger partial charge in [-0.25, -0.2) is 0 Å². The molecule has 16 heavy (non-hydrogen) atoms. The van der Waals surface area contributed by atoms with E-state index in [1.807, 2.05) is 18.2 Å². The highest BCUT2D eigenvalue weighted by molar-refractivity contribution is 8.11. The monoisotopic (exact) mass is 235 g/mol. The number of benzene rings is 1. The van der Waals surface area contributed by atoms with Crippen LogP contribution in [0.15, 0.2) is 23.1 Å². The molecule has 0 bridgehead atoms. The quantitative estimate of drug-likeness (QED) is 0.583. The van der Waals surface area contributed by atoms with E-state index in [0.717, 1.165) is 41.2 Å². The molecule has 1 amide bonds. The third-order valence-electron chi connectivity index (χ3n) is 2.73. The maximum Gasteiger partial charge on any atom is 0.223 e. The summed E-state index contributed by atoms with van der Waals surface area (Å²) in [5.41, 5.74) is 2.98. The summed E-state index contributed by atoms with van der Waals surface area (Å²) in [5.74, 6) is 0.0803. The van der Waals surface area contributed by atoms with Gasteiger partial charge in [0.25, 0.3) is 0 Å². The average Bonchev–Trinajstić information content (AvgIpc) is 2.28. The molecule has 0 radical (unpaired) electrons. The Balaban J connectivity index is 2.36. The van der Waals surface area contributed by atoms with Crippen molar-refractivity contribution < 1.29 is 9.59 Å². The van der Waals surface area contributed by atoms with Gasteiger partial charge in [-0.1, -0.05) is 11.8 Å². The van der Waals surface area contributed by atoms with Crippen molar-refractivity contribution >= 4 is 29.0 Å². The van der Waals surface area contributed by atoms with Gasteiger partial charge in [0.15, 0.2) is 5.62 Å². The largest absolute Gasteiger partial charge is 0.312 e. The molecule has 0 spiro atoms. The molecule has 4 heteroatoms. The normalized spacial score (nSPS) is 14.4. The van der Waals surface area contributed by atoms with E-state index in [4.69, 9.17) is 0 Å². The zero-order chi connectivity index (χ0) is 11.5. The molecule has 0 N–H and O–H groups in total. The molecule has 0 saturated carbocycles. The minimum atomic E-state index is 0.0803. The zero-order valence-corrected chi connectivity index (χ0v) is 9.92. The summed E-state index contributed by atoms with van der Waals surface area (Å²) in [6.07, 6.45) is 1.97. The maximum absolute atomic E-state index is 11.4. The van der Waals surface area contributed by atoms with Crippen molar-refractivity contribution in [2.45, 2.75) is 24.7 Å². The first kappa shape index (κ1) is 11.2. The van der Waals surface area contributed by atoms with E-state index in [1.165, 1.54) is 11.8 Å². The first-order valence-corrected chi connectivity index (χ1v) is 6.11. The lowest BCUT2D eigenvalue weighted by Crippen LogP contribution is -2.33. The Morgan fingerprint density at radius 3 is 3.00 bits per heavy atom. The van der Waals surface area contributed by atoms with Crippen LogP contribution in [0.5, 0.6) is 0 Å². The summed E-state index contributed by atoms with van der Waals surface area (Å²) in [6, 6.07) is 5.82. The van der Waals surface area contributed by atoms with Crippen molar-refractivity contribution in [1.29, 1.82) is 0 Å². The summed E-state index contributed by atoms with van der Waals surface area (Å²) in [4.78, 5) is 24.6. The molecule has 1 aromatic carbocycles. The molecule has 1 heterocycles. The Morgan fingerprint density at radius 1 is 1.50 bits per heavy atom. The van der Waals surface area contributed by atoms with E-state index in [1.54, 1.807) is 11.8 Å². The summed E-state index contributed by atoms with van der Waals surface area (Å²) in [6.45, 7) is 2.38. The van der Waals surface area contributed by atoms with Crippen LogP contribution in [0.3, 0.4) is 0 Å². The molecule has 3 nitrogen and oxygen atoms in total. The van der Waals surface area contributed by atoms with Gasteiger partial charge in [0.05, 0.1) is 0 Å².